The second-order valence-corrected chi connectivity index (χ2v) is 4.01. The third-order valence-electron chi connectivity index (χ3n) is 2.31. The molecule has 0 radical (unpaired) electrons. The zero-order valence-corrected chi connectivity index (χ0v) is 9.99. The molecule has 0 bridgehead atoms. The Labute approximate surface area is 103 Å². The summed E-state index contributed by atoms with van der Waals surface area (Å²) in [5, 5.41) is 0. The highest BCUT2D eigenvalue weighted by atomic mass is 19.4. The molecule has 1 rings (SSSR count). The fourth-order valence-corrected chi connectivity index (χ4v) is 1.55. The first-order valence-corrected chi connectivity index (χ1v) is 5.31. The van der Waals surface area contributed by atoms with Crippen molar-refractivity contribution in [3.8, 4) is 0 Å². The van der Waals surface area contributed by atoms with Crippen LogP contribution in [0.25, 0.3) is 0 Å². The number of halogens is 3. The highest BCUT2D eigenvalue weighted by molar-refractivity contribution is 5.66. The number of hydrogen-bond acceptors (Lipinski definition) is 3. The normalized spacial score (nSPS) is 15.0. The zero-order chi connectivity index (χ0) is 13.9. The Morgan fingerprint density at radius 3 is 2.44 bits per heavy atom. The van der Waals surface area contributed by atoms with Crippen molar-refractivity contribution in [3.05, 3.63) is 35.4 Å². The van der Waals surface area contributed by atoms with Crippen molar-refractivity contribution in [2.75, 3.05) is 0 Å². The first kappa shape index (κ1) is 14.5. The van der Waals surface area contributed by atoms with Crippen LogP contribution in [0.5, 0.6) is 0 Å². The van der Waals surface area contributed by atoms with Crippen molar-refractivity contribution in [3.63, 3.8) is 0 Å². The van der Waals surface area contributed by atoms with Crippen LogP contribution in [0.2, 0.25) is 0 Å². The predicted molar refractivity (Wildman–Crippen MR) is 59.6 cm³/mol. The van der Waals surface area contributed by atoms with Crippen LogP contribution in [0.1, 0.15) is 31.1 Å². The third kappa shape index (κ3) is 3.73. The molecule has 100 valence electrons. The van der Waals surface area contributed by atoms with Gasteiger partial charge in [0.25, 0.3) is 0 Å². The van der Waals surface area contributed by atoms with Crippen molar-refractivity contribution < 1.29 is 22.7 Å². The molecule has 2 N–H and O–H groups in total. The van der Waals surface area contributed by atoms with E-state index in [1.54, 1.807) is 6.92 Å². The first-order chi connectivity index (χ1) is 8.21. The van der Waals surface area contributed by atoms with Gasteiger partial charge < -0.3 is 10.5 Å². The van der Waals surface area contributed by atoms with E-state index in [1.165, 1.54) is 19.1 Å². The lowest BCUT2D eigenvalue weighted by atomic mass is 10.0. The maximum atomic E-state index is 12.6. The van der Waals surface area contributed by atoms with Crippen LogP contribution < -0.4 is 5.73 Å². The van der Waals surface area contributed by atoms with E-state index in [9.17, 15) is 18.0 Å². The van der Waals surface area contributed by atoms with Crippen LogP contribution in [0.4, 0.5) is 13.2 Å². The fourth-order valence-electron chi connectivity index (χ4n) is 1.55. The number of rotatable bonds is 3. The molecule has 0 aliphatic heterocycles. The Bertz CT molecular complexity index is 430. The largest absolute Gasteiger partial charge is 0.456 e. The maximum Gasteiger partial charge on any atom is 0.416 e. The van der Waals surface area contributed by atoms with Crippen molar-refractivity contribution in [1.29, 1.82) is 0 Å². The number of benzene rings is 1. The molecule has 1 aromatic carbocycles. The number of esters is 1. The summed E-state index contributed by atoms with van der Waals surface area (Å²) in [5.74, 6) is -0.588. The van der Waals surface area contributed by atoms with Gasteiger partial charge in [-0.2, -0.15) is 13.2 Å². The summed E-state index contributed by atoms with van der Waals surface area (Å²) in [6.07, 6.45) is -5.32. The summed E-state index contributed by atoms with van der Waals surface area (Å²) in [7, 11) is 0. The topological polar surface area (TPSA) is 52.3 Å². The smallest absolute Gasteiger partial charge is 0.416 e. The van der Waals surface area contributed by atoms with Gasteiger partial charge in [-0.25, -0.2) is 0 Å². The van der Waals surface area contributed by atoms with Crippen LogP contribution in [0.3, 0.4) is 0 Å². The molecule has 0 aromatic heterocycles. The molecule has 0 saturated carbocycles. The zero-order valence-electron chi connectivity index (χ0n) is 9.99. The number of carbonyl (C=O) groups excluding carboxylic acids is 1. The van der Waals surface area contributed by atoms with Gasteiger partial charge in [0.15, 0.2) is 0 Å². The minimum absolute atomic E-state index is 0.232. The Kier molecular flexibility index (Phi) is 4.34. The molecule has 0 aliphatic rings. The van der Waals surface area contributed by atoms with Gasteiger partial charge >= 0.3 is 12.1 Å². The summed E-state index contributed by atoms with van der Waals surface area (Å²) < 4.78 is 42.6. The molecule has 0 fully saturated rings. The SMILES string of the molecule is CC(=O)O[C@H](c1cccc(C(F)(F)F)c1)[C@H](C)N. The van der Waals surface area contributed by atoms with Crippen LogP contribution in [-0.2, 0) is 15.7 Å². The minimum atomic E-state index is -4.44. The van der Waals surface area contributed by atoms with Gasteiger partial charge in [-0.3, -0.25) is 4.79 Å². The second kappa shape index (κ2) is 5.39. The minimum Gasteiger partial charge on any atom is -0.456 e. The van der Waals surface area contributed by atoms with Crippen LogP contribution >= 0.6 is 0 Å². The molecule has 0 amide bonds. The van der Waals surface area contributed by atoms with Gasteiger partial charge in [0, 0.05) is 13.0 Å². The number of nitrogens with two attached hydrogens (primary N) is 1. The van der Waals surface area contributed by atoms with E-state index in [-0.39, 0.29) is 5.56 Å². The van der Waals surface area contributed by atoms with E-state index in [1.807, 2.05) is 0 Å². The average Bonchev–Trinajstić information content (AvgIpc) is 2.24. The molecule has 18 heavy (non-hydrogen) atoms. The van der Waals surface area contributed by atoms with Crippen molar-refractivity contribution in [2.45, 2.75) is 32.2 Å². The molecule has 0 saturated heterocycles. The van der Waals surface area contributed by atoms with Gasteiger partial charge in [0.05, 0.1) is 5.56 Å². The Hall–Kier alpha value is -1.56. The molecule has 0 heterocycles. The molecular formula is C12H14F3NO2. The highest BCUT2D eigenvalue weighted by Gasteiger charge is 2.31. The van der Waals surface area contributed by atoms with E-state index < -0.39 is 29.9 Å². The molecule has 2 atom stereocenters. The van der Waals surface area contributed by atoms with Crippen molar-refractivity contribution in [1.82, 2.24) is 0 Å². The van der Waals surface area contributed by atoms with E-state index in [4.69, 9.17) is 10.5 Å². The Morgan fingerprint density at radius 2 is 2.00 bits per heavy atom. The van der Waals surface area contributed by atoms with Crippen molar-refractivity contribution in [2.24, 2.45) is 5.73 Å². The van der Waals surface area contributed by atoms with Crippen LogP contribution in [0, 0.1) is 0 Å². The Morgan fingerprint density at radius 1 is 1.39 bits per heavy atom. The molecular weight excluding hydrogens is 247 g/mol. The maximum absolute atomic E-state index is 12.6. The van der Waals surface area contributed by atoms with E-state index in [2.05, 4.69) is 0 Å². The average molecular weight is 261 g/mol. The number of alkyl halides is 3. The lowest BCUT2D eigenvalue weighted by Crippen LogP contribution is -2.28. The highest BCUT2D eigenvalue weighted by Crippen LogP contribution is 2.31. The molecule has 6 heteroatoms. The summed E-state index contributed by atoms with van der Waals surface area (Å²) in [5.41, 5.74) is 5.06. The van der Waals surface area contributed by atoms with Gasteiger partial charge in [0.1, 0.15) is 6.10 Å². The lowest BCUT2D eigenvalue weighted by molar-refractivity contribution is -0.147. The molecule has 0 aliphatic carbocycles. The molecule has 0 spiro atoms. The monoisotopic (exact) mass is 261 g/mol. The number of ether oxygens (including phenoxy) is 1. The summed E-state index contributed by atoms with van der Waals surface area (Å²) in [4.78, 5) is 10.9. The first-order valence-electron chi connectivity index (χ1n) is 5.31. The number of carbonyl (C=O) groups is 1. The van der Waals surface area contributed by atoms with E-state index in [0.717, 1.165) is 12.1 Å². The predicted octanol–water partition coefficient (Wildman–Crippen LogP) is 2.66. The van der Waals surface area contributed by atoms with Gasteiger partial charge in [0.2, 0.25) is 0 Å². The summed E-state index contributed by atoms with van der Waals surface area (Å²) in [6, 6.07) is 4.01. The van der Waals surface area contributed by atoms with Crippen LogP contribution in [0.15, 0.2) is 24.3 Å². The van der Waals surface area contributed by atoms with E-state index in [0.29, 0.717) is 0 Å². The third-order valence-corrected chi connectivity index (χ3v) is 2.31. The van der Waals surface area contributed by atoms with Gasteiger partial charge in [-0.1, -0.05) is 12.1 Å². The molecule has 3 nitrogen and oxygen atoms in total. The van der Waals surface area contributed by atoms with Crippen molar-refractivity contribution >= 4 is 5.97 Å². The van der Waals surface area contributed by atoms with Crippen LogP contribution in [-0.4, -0.2) is 12.0 Å². The molecule has 1 aromatic rings. The lowest BCUT2D eigenvalue weighted by Gasteiger charge is -2.21. The van der Waals surface area contributed by atoms with E-state index >= 15 is 0 Å². The van der Waals surface area contributed by atoms with Gasteiger partial charge in [-0.05, 0) is 24.6 Å². The van der Waals surface area contributed by atoms with Gasteiger partial charge in [-0.15, -0.1) is 0 Å². The fraction of sp³-hybridized carbons (Fsp3) is 0.417. The summed E-state index contributed by atoms with van der Waals surface area (Å²) in [6.45, 7) is 2.75. The second-order valence-electron chi connectivity index (χ2n) is 4.01. The number of hydrogen-bond donors (Lipinski definition) is 1. The standard InChI is InChI=1S/C12H14F3NO2/c1-7(16)11(18-8(2)17)9-4-3-5-10(6-9)12(13,14)15/h3-7,11H,16H2,1-2H3/t7-,11-/m0/s1. The quantitative estimate of drug-likeness (QED) is 0.851. The molecule has 0 unspecified atom stereocenters. The Balaban J connectivity index is 3.09. The summed E-state index contributed by atoms with van der Waals surface area (Å²) >= 11 is 0.